The van der Waals surface area contributed by atoms with E-state index < -0.39 is 0 Å². The second kappa shape index (κ2) is 9.09. The van der Waals surface area contributed by atoms with E-state index in [1.54, 1.807) is 36.4 Å². The normalized spacial score (nSPS) is 23.6. The van der Waals surface area contributed by atoms with Crippen molar-refractivity contribution in [1.29, 1.82) is 10.8 Å². The lowest BCUT2D eigenvalue weighted by Crippen LogP contribution is -2.56. The molecule has 10 heteroatoms. The van der Waals surface area contributed by atoms with Crippen molar-refractivity contribution >= 4 is 34.9 Å². The molecule has 8 nitrogen and oxygen atoms in total. The molecule has 1 fully saturated rings. The molecule has 1 aliphatic carbocycles. The molecular weight excluding hydrogens is 427 g/mol. The van der Waals surface area contributed by atoms with Gasteiger partial charge in [0.2, 0.25) is 0 Å². The quantitative estimate of drug-likeness (QED) is 0.290. The fraction of sp³-hybridized carbons (Fsp3) is 0.300. The molecule has 1 saturated carbocycles. The van der Waals surface area contributed by atoms with Gasteiger partial charge in [-0.3, -0.25) is 10.8 Å². The van der Waals surface area contributed by atoms with Crippen LogP contribution in [-0.4, -0.2) is 36.0 Å². The molecule has 2 aromatic rings. The summed E-state index contributed by atoms with van der Waals surface area (Å²) in [5, 5.41) is 15.7. The molecule has 0 aromatic heterocycles. The Balaban J connectivity index is 1.74. The SMILES string of the molecule is N=C(N)c1ccc(O[C@H]2C[C@@H](Oc3ccc(C(=N)N)cc3Cl)[C@H](N)C[C@@H]2N)c(Cl)c1. The smallest absolute Gasteiger partial charge is 0.138 e. The van der Waals surface area contributed by atoms with Crippen LogP contribution in [0.2, 0.25) is 10.0 Å². The molecule has 1 aliphatic rings. The van der Waals surface area contributed by atoms with Crippen molar-refractivity contribution in [2.45, 2.75) is 37.1 Å². The zero-order valence-corrected chi connectivity index (χ0v) is 17.6. The van der Waals surface area contributed by atoms with Crippen molar-refractivity contribution in [2.24, 2.45) is 22.9 Å². The summed E-state index contributed by atoms with van der Waals surface area (Å²) in [6.45, 7) is 0. The first kappa shape index (κ1) is 22.2. The zero-order chi connectivity index (χ0) is 22.0. The Morgan fingerprint density at radius 2 is 1.17 bits per heavy atom. The van der Waals surface area contributed by atoms with E-state index in [4.69, 9.17) is 66.4 Å². The van der Waals surface area contributed by atoms with Crippen molar-refractivity contribution in [3.05, 3.63) is 57.6 Å². The molecule has 0 amide bonds. The molecule has 0 unspecified atom stereocenters. The van der Waals surface area contributed by atoms with Crippen LogP contribution < -0.4 is 32.4 Å². The number of hydrogen-bond donors (Lipinski definition) is 6. The van der Waals surface area contributed by atoms with Crippen molar-refractivity contribution in [3.63, 3.8) is 0 Å². The van der Waals surface area contributed by atoms with Crippen LogP contribution in [0.25, 0.3) is 0 Å². The summed E-state index contributed by atoms with van der Waals surface area (Å²) in [5.74, 6) is 0.732. The first-order valence-corrected chi connectivity index (χ1v) is 10.0. The molecule has 10 N–H and O–H groups in total. The van der Waals surface area contributed by atoms with Gasteiger partial charge in [0.25, 0.3) is 0 Å². The van der Waals surface area contributed by atoms with Crippen LogP contribution in [0, 0.1) is 10.8 Å². The van der Waals surface area contributed by atoms with Crippen molar-refractivity contribution < 1.29 is 9.47 Å². The van der Waals surface area contributed by atoms with E-state index in [1.807, 2.05) is 0 Å². The van der Waals surface area contributed by atoms with Gasteiger partial charge >= 0.3 is 0 Å². The maximum atomic E-state index is 7.50. The van der Waals surface area contributed by atoms with Gasteiger partial charge in [-0.25, -0.2) is 0 Å². The first-order valence-electron chi connectivity index (χ1n) is 9.28. The van der Waals surface area contributed by atoms with Gasteiger partial charge in [-0.05, 0) is 42.8 Å². The Kier molecular flexibility index (Phi) is 6.72. The number of ether oxygens (including phenoxy) is 2. The summed E-state index contributed by atoms with van der Waals surface area (Å²) in [6.07, 6.45) is 0.149. The number of nitrogen functional groups attached to an aromatic ring is 2. The highest BCUT2D eigenvalue weighted by atomic mass is 35.5. The maximum absolute atomic E-state index is 7.50. The minimum absolute atomic E-state index is 0.0788. The molecule has 30 heavy (non-hydrogen) atoms. The molecule has 0 saturated heterocycles. The average Bonchev–Trinajstić information content (AvgIpc) is 2.67. The van der Waals surface area contributed by atoms with Crippen LogP contribution in [-0.2, 0) is 0 Å². The third kappa shape index (κ3) is 4.96. The minimum atomic E-state index is -0.384. The second-order valence-corrected chi connectivity index (χ2v) is 8.04. The highest BCUT2D eigenvalue weighted by Crippen LogP contribution is 2.33. The summed E-state index contributed by atoms with van der Waals surface area (Å²) in [4.78, 5) is 0. The lowest BCUT2D eigenvalue weighted by Gasteiger charge is -2.38. The van der Waals surface area contributed by atoms with E-state index in [9.17, 15) is 0 Å². The Labute approximate surface area is 184 Å². The number of rotatable bonds is 6. The highest BCUT2D eigenvalue weighted by molar-refractivity contribution is 6.32. The van der Waals surface area contributed by atoms with Gasteiger partial charge in [-0.2, -0.15) is 0 Å². The fourth-order valence-corrected chi connectivity index (χ4v) is 3.77. The third-order valence-corrected chi connectivity index (χ3v) is 5.60. The molecule has 0 heterocycles. The molecule has 3 rings (SSSR count). The molecule has 4 atom stereocenters. The van der Waals surface area contributed by atoms with E-state index in [0.717, 1.165) is 0 Å². The molecule has 0 bridgehead atoms. The van der Waals surface area contributed by atoms with Gasteiger partial charge in [0.1, 0.15) is 35.4 Å². The number of halogens is 2. The van der Waals surface area contributed by atoms with Crippen LogP contribution in [0.1, 0.15) is 24.0 Å². The zero-order valence-electron chi connectivity index (χ0n) is 16.1. The minimum Gasteiger partial charge on any atom is -0.487 e. The van der Waals surface area contributed by atoms with Crippen molar-refractivity contribution in [1.82, 2.24) is 0 Å². The van der Waals surface area contributed by atoms with E-state index in [-0.39, 0.29) is 36.0 Å². The van der Waals surface area contributed by atoms with E-state index in [1.165, 1.54) is 0 Å². The van der Waals surface area contributed by atoms with E-state index in [2.05, 4.69) is 0 Å². The Bertz CT molecular complexity index is 895. The lowest BCUT2D eigenvalue weighted by atomic mass is 9.87. The Morgan fingerprint density at radius 1 is 0.767 bits per heavy atom. The summed E-state index contributed by atoms with van der Waals surface area (Å²) in [6, 6.07) is 9.17. The molecule has 160 valence electrons. The van der Waals surface area contributed by atoms with Gasteiger partial charge in [0, 0.05) is 29.6 Å². The van der Waals surface area contributed by atoms with Crippen molar-refractivity contribution in [3.8, 4) is 11.5 Å². The number of nitrogens with two attached hydrogens (primary N) is 4. The lowest BCUT2D eigenvalue weighted by molar-refractivity contribution is 0.0406. The van der Waals surface area contributed by atoms with Crippen LogP contribution in [0.5, 0.6) is 11.5 Å². The fourth-order valence-electron chi connectivity index (χ4n) is 3.32. The summed E-state index contributed by atoms with van der Waals surface area (Å²) >= 11 is 12.6. The monoisotopic (exact) mass is 450 g/mol. The van der Waals surface area contributed by atoms with Gasteiger partial charge in [0.15, 0.2) is 0 Å². The van der Waals surface area contributed by atoms with E-state index >= 15 is 0 Å². The molecule has 0 radical (unpaired) electrons. The number of hydrogen-bond acceptors (Lipinski definition) is 6. The van der Waals surface area contributed by atoms with Crippen LogP contribution in [0.15, 0.2) is 36.4 Å². The standard InChI is InChI=1S/C20H24Cl2N6O2/c21-11-5-9(19(25)26)1-3-15(11)29-17-8-18(14(24)7-13(17)23)30-16-4-2-10(20(27)28)6-12(16)22/h1-6,13-14,17-18H,7-8,23-24H2,(H3,25,26)(H3,27,28)/t13-,14+,17-,18+. The summed E-state index contributed by atoms with van der Waals surface area (Å²) in [7, 11) is 0. The first-order chi connectivity index (χ1) is 14.2. The van der Waals surface area contributed by atoms with Crippen LogP contribution in [0.4, 0.5) is 0 Å². The highest BCUT2D eigenvalue weighted by Gasteiger charge is 2.37. The number of benzene rings is 2. The maximum Gasteiger partial charge on any atom is 0.138 e. The Morgan fingerprint density at radius 3 is 1.50 bits per heavy atom. The average molecular weight is 451 g/mol. The van der Waals surface area contributed by atoms with Gasteiger partial charge in [-0.15, -0.1) is 0 Å². The van der Waals surface area contributed by atoms with Crippen LogP contribution in [0.3, 0.4) is 0 Å². The van der Waals surface area contributed by atoms with Crippen molar-refractivity contribution in [2.75, 3.05) is 0 Å². The Hall–Kier alpha value is -2.52. The predicted octanol–water partition coefficient (Wildman–Crippen LogP) is 2.20. The van der Waals surface area contributed by atoms with Crippen LogP contribution >= 0.6 is 23.2 Å². The van der Waals surface area contributed by atoms with Gasteiger partial charge < -0.3 is 32.4 Å². The molecule has 2 aromatic carbocycles. The predicted molar refractivity (Wildman–Crippen MR) is 119 cm³/mol. The molecule has 0 aliphatic heterocycles. The summed E-state index contributed by atoms with van der Waals surface area (Å²) in [5.41, 5.74) is 24.5. The third-order valence-electron chi connectivity index (χ3n) is 5.01. The van der Waals surface area contributed by atoms with Gasteiger partial charge in [-0.1, -0.05) is 23.2 Å². The second-order valence-electron chi connectivity index (χ2n) is 7.23. The largest absolute Gasteiger partial charge is 0.487 e. The molecular formula is C20H24Cl2N6O2. The number of amidine groups is 2. The molecule has 0 spiro atoms. The summed E-state index contributed by atoms with van der Waals surface area (Å²) < 4.78 is 12.1. The topological polar surface area (TPSA) is 170 Å². The van der Waals surface area contributed by atoms with Gasteiger partial charge in [0.05, 0.1) is 10.0 Å². The van der Waals surface area contributed by atoms with E-state index in [0.29, 0.717) is 45.5 Å². The number of nitrogens with one attached hydrogen (secondary N) is 2.